The number of ether oxygens (including phenoxy) is 1. The lowest BCUT2D eigenvalue weighted by atomic mass is 10.0. The van der Waals surface area contributed by atoms with E-state index in [0.29, 0.717) is 19.1 Å². The molecule has 3 N–H and O–H groups in total. The van der Waals surface area contributed by atoms with Crippen LogP contribution in [0.1, 0.15) is 19.3 Å². The smallest absolute Gasteiger partial charge is 0.410 e. The van der Waals surface area contributed by atoms with E-state index in [2.05, 4.69) is 5.32 Å². The topological polar surface area (TPSA) is 67.6 Å². The molecule has 0 aromatic heterocycles. The highest BCUT2D eigenvalue weighted by atomic mass is 16.6. The zero-order chi connectivity index (χ0) is 10.7. The minimum atomic E-state index is -0.210. The molecular formula is C10H19N3O2. The van der Waals surface area contributed by atoms with E-state index in [4.69, 9.17) is 10.5 Å². The summed E-state index contributed by atoms with van der Waals surface area (Å²) in [6, 6.07) is 0.433. The maximum Gasteiger partial charge on any atom is 0.410 e. The van der Waals surface area contributed by atoms with Gasteiger partial charge in [0.25, 0.3) is 0 Å². The summed E-state index contributed by atoms with van der Waals surface area (Å²) in [4.78, 5) is 13.2. The van der Waals surface area contributed by atoms with Crippen LogP contribution in [0.3, 0.4) is 0 Å². The van der Waals surface area contributed by atoms with Crippen LogP contribution in [0.4, 0.5) is 4.79 Å². The third-order valence-corrected chi connectivity index (χ3v) is 3.07. The monoisotopic (exact) mass is 213 g/mol. The molecule has 1 unspecified atom stereocenters. The Bertz CT molecular complexity index is 229. The SMILES string of the molecule is NC[C@H]1CN(CC2CCCCN2)C(=O)O1. The average molecular weight is 213 g/mol. The fourth-order valence-electron chi connectivity index (χ4n) is 2.19. The minimum absolute atomic E-state index is 0.110. The minimum Gasteiger partial charge on any atom is -0.443 e. The quantitative estimate of drug-likeness (QED) is 0.687. The number of rotatable bonds is 3. The second kappa shape index (κ2) is 4.81. The molecule has 0 saturated carbocycles. The Morgan fingerprint density at radius 3 is 3.00 bits per heavy atom. The molecule has 2 fully saturated rings. The zero-order valence-electron chi connectivity index (χ0n) is 8.95. The van der Waals surface area contributed by atoms with Crippen LogP contribution in [0.5, 0.6) is 0 Å². The number of hydrogen-bond donors (Lipinski definition) is 2. The Kier molecular flexibility index (Phi) is 3.43. The van der Waals surface area contributed by atoms with Gasteiger partial charge in [0, 0.05) is 19.1 Å². The number of nitrogens with zero attached hydrogens (tertiary/aromatic N) is 1. The van der Waals surface area contributed by atoms with Crippen molar-refractivity contribution in [1.29, 1.82) is 0 Å². The van der Waals surface area contributed by atoms with Crippen molar-refractivity contribution in [2.24, 2.45) is 5.73 Å². The van der Waals surface area contributed by atoms with Crippen molar-refractivity contribution in [2.45, 2.75) is 31.4 Å². The summed E-state index contributed by atoms with van der Waals surface area (Å²) in [6.07, 6.45) is 3.32. The molecule has 2 aliphatic rings. The third-order valence-electron chi connectivity index (χ3n) is 3.07. The molecule has 15 heavy (non-hydrogen) atoms. The molecule has 5 heteroatoms. The molecule has 0 aliphatic carbocycles. The summed E-state index contributed by atoms with van der Waals surface area (Å²) in [5, 5.41) is 3.42. The molecule has 0 aromatic carbocycles. The Hall–Kier alpha value is -0.810. The van der Waals surface area contributed by atoms with Crippen LogP contribution >= 0.6 is 0 Å². The van der Waals surface area contributed by atoms with E-state index >= 15 is 0 Å². The summed E-state index contributed by atoms with van der Waals surface area (Å²) >= 11 is 0. The Morgan fingerprint density at radius 2 is 2.40 bits per heavy atom. The molecular weight excluding hydrogens is 194 g/mol. The van der Waals surface area contributed by atoms with Crippen LogP contribution in [-0.4, -0.2) is 49.3 Å². The van der Waals surface area contributed by atoms with Crippen molar-refractivity contribution < 1.29 is 9.53 Å². The zero-order valence-corrected chi connectivity index (χ0v) is 8.95. The van der Waals surface area contributed by atoms with E-state index < -0.39 is 0 Å². The first kappa shape index (κ1) is 10.7. The van der Waals surface area contributed by atoms with Gasteiger partial charge < -0.3 is 20.7 Å². The Labute approximate surface area is 89.9 Å². The Morgan fingerprint density at radius 1 is 1.53 bits per heavy atom. The van der Waals surface area contributed by atoms with Crippen molar-refractivity contribution in [3.05, 3.63) is 0 Å². The molecule has 2 saturated heterocycles. The van der Waals surface area contributed by atoms with E-state index in [-0.39, 0.29) is 12.2 Å². The third kappa shape index (κ3) is 2.60. The van der Waals surface area contributed by atoms with Crippen LogP contribution < -0.4 is 11.1 Å². The van der Waals surface area contributed by atoms with Gasteiger partial charge in [0.2, 0.25) is 0 Å². The van der Waals surface area contributed by atoms with E-state index in [1.165, 1.54) is 12.8 Å². The van der Waals surface area contributed by atoms with Gasteiger partial charge in [0.1, 0.15) is 6.10 Å². The first-order valence-corrected chi connectivity index (χ1v) is 5.68. The standard InChI is InChI=1S/C10H19N3O2/c11-5-9-7-13(10(14)15-9)6-8-3-1-2-4-12-8/h8-9,12H,1-7,11H2/t8?,9-/m0/s1. The van der Waals surface area contributed by atoms with E-state index in [1.54, 1.807) is 4.90 Å². The van der Waals surface area contributed by atoms with Gasteiger partial charge in [0.05, 0.1) is 6.54 Å². The van der Waals surface area contributed by atoms with Crippen molar-refractivity contribution in [3.63, 3.8) is 0 Å². The molecule has 0 spiro atoms. The highest BCUT2D eigenvalue weighted by Gasteiger charge is 2.31. The molecule has 2 rings (SSSR count). The number of nitrogens with one attached hydrogen (secondary N) is 1. The summed E-state index contributed by atoms with van der Waals surface area (Å²) in [5.41, 5.74) is 5.47. The summed E-state index contributed by atoms with van der Waals surface area (Å²) in [7, 11) is 0. The van der Waals surface area contributed by atoms with Crippen LogP contribution in [0.25, 0.3) is 0 Å². The number of carbonyl (C=O) groups is 1. The molecule has 1 amide bonds. The number of amides is 1. The number of cyclic esters (lactones) is 1. The normalized spacial score (nSPS) is 31.8. The Balaban J connectivity index is 1.81. The van der Waals surface area contributed by atoms with E-state index in [0.717, 1.165) is 19.5 Å². The van der Waals surface area contributed by atoms with Crippen molar-refractivity contribution in [3.8, 4) is 0 Å². The van der Waals surface area contributed by atoms with Crippen molar-refractivity contribution in [2.75, 3.05) is 26.2 Å². The lowest BCUT2D eigenvalue weighted by Crippen LogP contribution is -2.44. The summed E-state index contributed by atoms with van der Waals surface area (Å²) in [6.45, 7) is 2.89. The maximum atomic E-state index is 11.4. The van der Waals surface area contributed by atoms with Gasteiger partial charge in [-0.25, -0.2) is 4.79 Å². The fourth-order valence-corrected chi connectivity index (χ4v) is 2.19. The van der Waals surface area contributed by atoms with E-state index in [9.17, 15) is 4.79 Å². The molecule has 2 atom stereocenters. The first-order chi connectivity index (χ1) is 7.29. The lowest BCUT2D eigenvalue weighted by Gasteiger charge is -2.26. The highest BCUT2D eigenvalue weighted by molar-refractivity contribution is 5.69. The fraction of sp³-hybridized carbons (Fsp3) is 0.900. The molecule has 0 radical (unpaired) electrons. The van der Waals surface area contributed by atoms with Gasteiger partial charge in [-0.05, 0) is 19.4 Å². The van der Waals surface area contributed by atoms with Crippen LogP contribution in [0, 0.1) is 0 Å². The van der Waals surface area contributed by atoms with Gasteiger partial charge in [-0.15, -0.1) is 0 Å². The molecule has 0 aromatic rings. The molecule has 86 valence electrons. The molecule has 5 nitrogen and oxygen atoms in total. The highest BCUT2D eigenvalue weighted by Crippen LogP contribution is 2.14. The van der Waals surface area contributed by atoms with Crippen LogP contribution in [0.2, 0.25) is 0 Å². The van der Waals surface area contributed by atoms with Gasteiger partial charge in [-0.1, -0.05) is 6.42 Å². The number of hydrogen-bond acceptors (Lipinski definition) is 4. The summed E-state index contributed by atoms with van der Waals surface area (Å²) in [5.74, 6) is 0. The predicted molar refractivity (Wildman–Crippen MR) is 56.5 cm³/mol. The lowest BCUT2D eigenvalue weighted by molar-refractivity contribution is 0.133. The van der Waals surface area contributed by atoms with Crippen molar-refractivity contribution >= 4 is 6.09 Å². The molecule has 2 heterocycles. The van der Waals surface area contributed by atoms with Crippen molar-refractivity contribution in [1.82, 2.24) is 10.2 Å². The predicted octanol–water partition coefficient (Wildman–Crippen LogP) is -0.0920. The largest absolute Gasteiger partial charge is 0.443 e. The number of piperidine rings is 1. The first-order valence-electron chi connectivity index (χ1n) is 5.68. The molecule has 0 bridgehead atoms. The summed E-state index contributed by atoms with van der Waals surface area (Å²) < 4.78 is 5.10. The van der Waals surface area contributed by atoms with Gasteiger partial charge >= 0.3 is 6.09 Å². The molecule has 2 aliphatic heterocycles. The van der Waals surface area contributed by atoms with Crippen LogP contribution in [-0.2, 0) is 4.74 Å². The van der Waals surface area contributed by atoms with Crippen LogP contribution in [0.15, 0.2) is 0 Å². The van der Waals surface area contributed by atoms with E-state index in [1.807, 2.05) is 0 Å². The van der Waals surface area contributed by atoms with Gasteiger partial charge in [-0.2, -0.15) is 0 Å². The maximum absolute atomic E-state index is 11.4. The number of carbonyl (C=O) groups excluding carboxylic acids is 1. The average Bonchev–Trinajstić information content (AvgIpc) is 2.61. The number of nitrogens with two attached hydrogens (primary N) is 1. The van der Waals surface area contributed by atoms with Gasteiger partial charge in [-0.3, -0.25) is 0 Å². The second-order valence-electron chi connectivity index (χ2n) is 4.29. The van der Waals surface area contributed by atoms with Gasteiger partial charge in [0.15, 0.2) is 0 Å². The second-order valence-corrected chi connectivity index (χ2v) is 4.29.